The van der Waals surface area contributed by atoms with E-state index in [-0.39, 0.29) is 17.3 Å². The number of aryl methyl sites for hydroxylation is 3. The maximum Gasteiger partial charge on any atom is 0.274 e. The standard InChI is InChI=1S/C27H23FN6O2/c1-16-4-7-20(14-24(16)30-19-8-11-23-22(13-19)27(36)33(3)15-29-23)31-26(35)25-12-17(2)32-34(25)21-9-5-18(28)6-10-21/h4-15,30H,1-3H3,(H,31,35). The minimum absolute atomic E-state index is 0.130. The van der Waals surface area contributed by atoms with Gasteiger partial charge in [0.25, 0.3) is 11.5 Å². The summed E-state index contributed by atoms with van der Waals surface area (Å²) in [7, 11) is 1.66. The van der Waals surface area contributed by atoms with Crippen LogP contribution in [0.2, 0.25) is 0 Å². The number of nitrogens with zero attached hydrogens (tertiary/aromatic N) is 4. The Morgan fingerprint density at radius 1 is 0.944 bits per heavy atom. The second kappa shape index (κ2) is 9.10. The van der Waals surface area contributed by atoms with Crippen molar-refractivity contribution in [3.8, 4) is 5.69 Å². The Morgan fingerprint density at radius 3 is 2.47 bits per heavy atom. The first kappa shape index (κ1) is 23.0. The fourth-order valence-corrected chi connectivity index (χ4v) is 3.91. The van der Waals surface area contributed by atoms with Crippen LogP contribution in [0, 0.1) is 19.7 Å². The Bertz CT molecular complexity index is 1670. The molecule has 0 aliphatic heterocycles. The van der Waals surface area contributed by atoms with Gasteiger partial charge in [-0.2, -0.15) is 5.10 Å². The summed E-state index contributed by atoms with van der Waals surface area (Å²) in [6.45, 7) is 3.74. The zero-order chi connectivity index (χ0) is 25.4. The van der Waals surface area contributed by atoms with Gasteiger partial charge in [0.2, 0.25) is 0 Å². The van der Waals surface area contributed by atoms with Gasteiger partial charge < -0.3 is 15.2 Å². The van der Waals surface area contributed by atoms with E-state index < -0.39 is 0 Å². The molecule has 0 spiro atoms. The molecule has 0 fully saturated rings. The smallest absolute Gasteiger partial charge is 0.274 e. The number of carbonyl (C=O) groups excluding carboxylic acids is 1. The largest absolute Gasteiger partial charge is 0.355 e. The predicted molar refractivity (Wildman–Crippen MR) is 138 cm³/mol. The number of anilines is 3. The van der Waals surface area contributed by atoms with E-state index in [0.29, 0.717) is 33.7 Å². The minimum atomic E-state index is -0.364. The fourth-order valence-electron chi connectivity index (χ4n) is 3.91. The van der Waals surface area contributed by atoms with Gasteiger partial charge in [0.05, 0.1) is 28.6 Å². The van der Waals surface area contributed by atoms with Gasteiger partial charge in [-0.15, -0.1) is 0 Å². The summed E-state index contributed by atoms with van der Waals surface area (Å²) in [5.74, 6) is -0.716. The molecule has 5 aromatic rings. The number of aromatic nitrogens is 4. The molecule has 5 rings (SSSR count). The lowest BCUT2D eigenvalue weighted by Crippen LogP contribution is -2.17. The molecule has 2 heterocycles. The van der Waals surface area contributed by atoms with Gasteiger partial charge in [-0.25, -0.2) is 14.1 Å². The minimum Gasteiger partial charge on any atom is -0.355 e. The van der Waals surface area contributed by atoms with Gasteiger partial charge in [0.1, 0.15) is 11.5 Å². The van der Waals surface area contributed by atoms with Crippen molar-refractivity contribution in [2.24, 2.45) is 7.05 Å². The lowest BCUT2D eigenvalue weighted by atomic mass is 10.1. The molecule has 2 aromatic heterocycles. The van der Waals surface area contributed by atoms with Gasteiger partial charge in [-0.3, -0.25) is 9.59 Å². The number of carbonyl (C=O) groups is 1. The molecular formula is C27H23FN6O2. The second-order valence-corrected chi connectivity index (χ2v) is 8.56. The molecule has 0 unspecified atom stereocenters. The molecule has 9 heteroatoms. The highest BCUT2D eigenvalue weighted by Gasteiger charge is 2.16. The van der Waals surface area contributed by atoms with Crippen LogP contribution in [-0.4, -0.2) is 25.2 Å². The summed E-state index contributed by atoms with van der Waals surface area (Å²) in [6.07, 6.45) is 1.50. The van der Waals surface area contributed by atoms with E-state index in [1.165, 1.54) is 27.7 Å². The summed E-state index contributed by atoms with van der Waals surface area (Å²) in [5, 5.41) is 11.1. The van der Waals surface area contributed by atoms with Crippen LogP contribution in [0.4, 0.5) is 21.5 Å². The molecule has 3 aromatic carbocycles. The summed E-state index contributed by atoms with van der Waals surface area (Å²) in [6, 6.07) is 18.4. The molecule has 2 N–H and O–H groups in total. The third-order valence-corrected chi connectivity index (χ3v) is 5.83. The molecule has 8 nitrogen and oxygen atoms in total. The number of halogens is 1. The molecule has 0 aliphatic carbocycles. The Morgan fingerprint density at radius 2 is 1.69 bits per heavy atom. The zero-order valence-electron chi connectivity index (χ0n) is 19.9. The predicted octanol–water partition coefficient (Wildman–Crippen LogP) is 4.87. The average Bonchev–Trinajstić information content (AvgIpc) is 3.26. The third-order valence-electron chi connectivity index (χ3n) is 5.83. The molecule has 0 bridgehead atoms. The van der Waals surface area contributed by atoms with E-state index in [2.05, 4.69) is 20.7 Å². The molecule has 0 radical (unpaired) electrons. The first-order valence-electron chi connectivity index (χ1n) is 11.3. The summed E-state index contributed by atoms with van der Waals surface area (Å²) in [5.41, 5.74) is 5.09. The first-order valence-corrected chi connectivity index (χ1v) is 11.3. The highest BCUT2D eigenvalue weighted by molar-refractivity contribution is 6.04. The maximum absolute atomic E-state index is 13.4. The van der Waals surface area contributed by atoms with Crippen molar-refractivity contribution in [2.45, 2.75) is 13.8 Å². The van der Waals surface area contributed by atoms with Crippen molar-refractivity contribution in [1.29, 1.82) is 0 Å². The Kier molecular flexibility index (Phi) is 5.81. The van der Waals surface area contributed by atoms with Crippen molar-refractivity contribution < 1.29 is 9.18 Å². The average molecular weight is 483 g/mol. The summed E-state index contributed by atoms with van der Waals surface area (Å²) < 4.78 is 16.3. The molecule has 36 heavy (non-hydrogen) atoms. The van der Waals surface area contributed by atoms with E-state index in [9.17, 15) is 14.0 Å². The van der Waals surface area contributed by atoms with Crippen molar-refractivity contribution in [2.75, 3.05) is 10.6 Å². The number of benzene rings is 3. The summed E-state index contributed by atoms with van der Waals surface area (Å²) in [4.78, 5) is 29.9. The number of nitrogens with one attached hydrogen (secondary N) is 2. The number of hydrogen-bond acceptors (Lipinski definition) is 5. The van der Waals surface area contributed by atoms with Crippen molar-refractivity contribution in [3.63, 3.8) is 0 Å². The number of amides is 1. The molecule has 0 saturated carbocycles. The van der Waals surface area contributed by atoms with Crippen LogP contribution < -0.4 is 16.2 Å². The zero-order valence-corrected chi connectivity index (χ0v) is 19.9. The Balaban J connectivity index is 1.42. The topological polar surface area (TPSA) is 93.8 Å². The maximum atomic E-state index is 13.4. The lowest BCUT2D eigenvalue weighted by Gasteiger charge is -2.13. The summed E-state index contributed by atoms with van der Waals surface area (Å²) >= 11 is 0. The molecule has 180 valence electrons. The molecular weight excluding hydrogens is 459 g/mol. The normalized spacial score (nSPS) is 11.0. The molecule has 1 amide bonds. The van der Waals surface area contributed by atoms with E-state index in [0.717, 1.165) is 16.9 Å². The second-order valence-electron chi connectivity index (χ2n) is 8.56. The van der Waals surface area contributed by atoms with Crippen molar-refractivity contribution in [1.82, 2.24) is 19.3 Å². The lowest BCUT2D eigenvalue weighted by molar-refractivity contribution is 0.101. The van der Waals surface area contributed by atoms with E-state index in [4.69, 9.17) is 0 Å². The van der Waals surface area contributed by atoms with Crippen molar-refractivity contribution >= 4 is 33.9 Å². The van der Waals surface area contributed by atoms with Crippen LogP contribution in [0.1, 0.15) is 21.7 Å². The van der Waals surface area contributed by atoms with Gasteiger partial charge in [-0.05, 0) is 80.1 Å². The molecule has 0 aliphatic rings. The van der Waals surface area contributed by atoms with Crippen LogP contribution in [0.25, 0.3) is 16.6 Å². The van der Waals surface area contributed by atoms with Gasteiger partial charge >= 0.3 is 0 Å². The molecule has 0 atom stereocenters. The van der Waals surface area contributed by atoms with Crippen molar-refractivity contribution in [3.05, 3.63) is 106 Å². The highest BCUT2D eigenvalue weighted by Crippen LogP contribution is 2.26. The first-order chi connectivity index (χ1) is 17.3. The monoisotopic (exact) mass is 482 g/mol. The Hall–Kier alpha value is -4.79. The highest BCUT2D eigenvalue weighted by atomic mass is 19.1. The molecule has 0 saturated heterocycles. The third kappa shape index (κ3) is 4.46. The van der Waals surface area contributed by atoms with Crippen LogP contribution in [0.5, 0.6) is 0 Å². The fraction of sp³-hybridized carbons (Fsp3) is 0.111. The van der Waals surface area contributed by atoms with Gasteiger partial charge in [0, 0.05) is 24.1 Å². The van der Waals surface area contributed by atoms with Crippen LogP contribution in [0.3, 0.4) is 0 Å². The van der Waals surface area contributed by atoms with E-state index in [1.54, 1.807) is 44.3 Å². The van der Waals surface area contributed by atoms with E-state index in [1.807, 2.05) is 31.2 Å². The number of hydrogen-bond donors (Lipinski definition) is 2. The van der Waals surface area contributed by atoms with Crippen LogP contribution in [0.15, 0.2) is 77.9 Å². The SMILES string of the molecule is Cc1cc(C(=O)Nc2ccc(C)c(Nc3ccc4ncn(C)c(=O)c4c3)c2)n(-c2ccc(F)cc2)n1. The van der Waals surface area contributed by atoms with Gasteiger partial charge in [0.15, 0.2) is 0 Å². The van der Waals surface area contributed by atoms with Crippen LogP contribution >= 0.6 is 0 Å². The Labute approximate surface area is 206 Å². The number of rotatable bonds is 5. The van der Waals surface area contributed by atoms with Crippen LogP contribution in [-0.2, 0) is 7.05 Å². The number of fused-ring (bicyclic) bond motifs is 1. The van der Waals surface area contributed by atoms with Gasteiger partial charge in [-0.1, -0.05) is 6.07 Å². The quantitative estimate of drug-likeness (QED) is 0.373. The van der Waals surface area contributed by atoms with E-state index >= 15 is 0 Å².